The van der Waals surface area contributed by atoms with Crippen LogP contribution >= 0.6 is 0 Å². The Hall–Kier alpha value is -2.49. The van der Waals surface area contributed by atoms with E-state index in [-0.39, 0.29) is 5.91 Å². The van der Waals surface area contributed by atoms with E-state index in [0.29, 0.717) is 18.7 Å². The van der Waals surface area contributed by atoms with Gasteiger partial charge in [-0.1, -0.05) is 18.2 Å². The monoisotopic (exact) mass is 312 g/mol. The van der Waals surface area contributed by atoms with Gasteiger partial charge in [0.05, 0.1) is 6.54 Å². The van der Waals surface area contributed by atoms with Crippen LogP contribution in [0.25, 0.3) is 0 Å². The van der Waals surface area contributed by atoms with Gasteiger partial charge in [-0.15, -0.1) is 0 Å². The fourth-order valence-corrected chi connectivity index (χ4v) is 2.36. The number of hydrogen-bond acceptors (Lipinski definition) is 3. The summed E-state index contributed by atoms with van der Waals surface area (Å²) in [6.07, 6.45) is 0. The van der Waals surface area contributed by atoms with Crippen molar-refractivity contribution in [3.05, 3.63) is 59.2 Å². The number of para-hydroxylation sites is 1. The molecule has 0 bridgehead atoms. The Kier molecular flexibility index (Phi) is 5.63. The van der Waals surface area contributed by atoms with Gasteiger partial charge < -0.3 is 15.0 Å². The summed E-state index contributed by atoms with van der Waals surface area (Å²) in [5.74, 6) is 0.817. The van der Waals surface area contributed by atoms with Crippen LogP contribution < -0.4 is 15.0 Å². The first-order valence-electron chi connectivity index (χ1n) is 7.73. The summed E-state index contributed by atoms with van der Waals surface area (Å²) in [6, 6.07) is 13.6. The Balaban J connectivity index is 1.83. The topological polar surface area (TPSA) is 41.6 Å². The quantitative estimate of drug-likeness (QED) is 0.833. The van der Waals surface area contributed by atoms with Gasteiger partial charge in [-0.05, 0) is 49.2 Å². The standard InChI is InChI=1S/C19H24N2O2/c1-14-6-5-7-15(2)18(14)23-13-12-20-19(22)16-8-10-17(11-9-16)21(3)4/h5-11H,12-13H2,1-4H3,(H,20,22). The summed E-state index contributed by atoms with van der Waals surface area (Å²) in [7, 11) is 3.94. The summed E-state index contributed by atoms with van der Waals surface area (Å²) in [6.45, 7) is 4.97. The molecule has 4 nitrogen and oxygen atoms in total. The third-order valence-electron chi connectivity index (χ3n) is 3.69. The Bertz CT molecular complexity index is 643. The Labute approximate surface area is 138 Å². The van der Waals surface area contributed by atoms with E-state index in [9.17, 15) is 4.79 Å². The summed E-state index contributed by atoms with van der Waals surface area (Å²) in [4.78, 5) is 14.1. The average molecular weight is 312 g/mol. The highest BCUT2D eigenvalue weighted by atomic mass is 16.5. The molecule has 0 saturated carbocycles. The molecule has 0 saturated heterocycles. The number of aryl methyl sites for hydroxylation is 2. The lowest BCUT2D eigenvalue weighted by molar-refractivity contribution is 0.0947. The molecule has 2 rings (SSSR count). The number of nitrogens with zero attached hydrogens (tertiary/aromatic N) is 1. The van der Waals surface area contributed by atoms with E-state index in [1.54, 1.807) is 0 Å². The molecule has 122 valence electrons. The van der Waals surface area contributed by atoms with E-state index in [1.807, 2.05) is 75.3 Å². The van der Waals surface area contributed by atoms with Crippen LogP contribution in [-0.2, 0) is 0 Å². The van der Waals surface area contributed by atoms with Gasteiger partial charge >= 0.3 is 0 Å². The fourth-order valence-electron chi connectivity index (χ4n) is 2.36. The largest absolute Gasteiger partial charge is 0.491 e. The number of hydrogen-bond donors (Lipinski definition) is 1. The average Bonchev–Trinajstić information content (AvgIpc) is 2.53. The fraction of sp³-hybridized carbons (Fsp3) is 0.316. The maximum atomic E-state index is 12.1. The van der Waals surface area contributed by atoms with Crippen molar-refractivity contribution in [1.29, 1.82) is 0 Å². The maximum absolute atomic E-state index is 12.1. The molecule has 2 aromatic carbocycles. The second-order valence-electron chi connectivity index (χ2n) is 5.77. The Morgan fingerprint density at radius 2 is 1.65 bits per heavy atom. The van der Waals surface area contributed by atoms with E-state index in [1.165, 1.54) is 0 Å². The number of anilines is 1. The molecule has 4 heteroatoms. The summed E-state index contributed by atoms with van der Waals surface area (Å²) in [5, 5.41) is 2.88. The van der Waals surface area contributed by atoms with Crippen LogP contribution in [0, 0.1) is 13.8 Å². The van der Waals surface area contributed by atoms with Crippen molar-refractivity contribution in [3.63, 3.8) is 0 Å². The summed E-state index contributed by atoms with van der Waals surface area (Å²) >= 11 is 0. The highest BCUT2D eigenvalue weighted by Gasteiger charge is 2.06. The number of carbonyl (C=O) groups excluding carboxylic acids is 1. The van der Waals surface area contributed by atoms with Crippen LogP contribution in [0.15, 0.2) is 42.5 Å². The summed E-state index contributed by atoms with van der Waals surface area (Å²) < 4.78 is 5.78. The van der Waals surface area contributed by atoms with Crippen molar-refractivity contribution in [2.24, 2.45) is 0 Å². The third kappa shape index (κ3) is 4.49. The predicted octanol–water partition coefficient (Wildman–Crippen LogP) is 3.18. The molecular weight excluding hydrogens is 288 g/mol. The van der Waals surface area contributed by atoms with E-state index in [2.05, 4.69) is 5.32 Å². The van der Waals surface area contributed by atoms with Gasteiger partial charge in [-0.3, -0.25) is 4.79 Å². The van der Waals surface area contributed by atoms with Crippen LogP contribution in [0.3, 0.4) is 0 Å². The van der Waals surface area contributed by atoms with E-state index in [4.69, 9.17) is 4.74 Å². The molecule has 1 amide bonds. The van der Waals surface area contributed by atoms with Crippen LogP contribution in [0.4, 0.5) is 5.69 Å². The Morgan fingerprint density at radius 1 is 1.04 bits per heavy atom. The molecule has 1 N–H and O–H groups in total. The zero-order valence-electron chi connectivity index (χ0n) is 14.2. The number of rotatable bonds is 6. The number of benzene rings is 2. The van der Waals surface area contributed by atoms with Crippen LogP contribution in [-0.4, -0.2) is 33.2 Å². The van der Waals surface area contributed by atoms with Crippen LogP contribution in [0.5, 0.6) is 5.75 Å². The molecule has 23 heavy (non-hydrogen) atoms. The lowest BCUT2D eigenvalue weighted by Gasteiger charge is -2.13. The van der Waals surface area contributed by atoms with Gasteiger partial charge in [-0.2, -0.15) is 0 Å². The first-order valence-corrected chi connectivity index (χ1v) is 7.73. The molecule has 0 heterocycles. The minimum atomic E-state index is -0.0830. The van der Waals surface area contributed by atoms with Crippen molar-refractivity contribution in [2.75, 3.05) is 32.1 Å². The van der Waals surface area contributed by atoms with Gasteiger partial charge in [0.1, 0.15) is 12.4 Å². The number of carbonyl (C=O) groups is 1. The zero-order chi connectivity index (χ0) is 16.8. The molecule has 0 spiro atoms. The molecule has 0 fully saturated rings. The second-order valence-corrected chi connectivity index (χ2v) is 5.77. The highest BCUT2D eigenvalue weighted by Crippen LogP contribution is 2.21. The maximum Gasteiger partial charge on any atom is 0.251 e. The van der Waals surface area contributed by atoms with Crippen molar-refractivity contribution < 1.29 is 9.53 Å². The lowest BCUT2D eigenvalue weighted by atomic mass is 10.1. The second kappa shape index (κ2) is 7.68. The van der Waals surface area contributed by atoms with Crippen molar-refractivity contribution in [3.8, 4) is 5.75 Å². The van der Waals surface area contributed by atoms with Crippen molar-refractivity contribution in [1.82, 2.24) is 5.32 Å². The van der Waals surface area contributed by atoms with Gasteiger partial charge in [0.25, 0.3) is 5.91 Å². The molecule has 0 aliphatic carbocycles. The molecule has 0 aliphatic heterocycles. The lowest BCUT2D eigenvalue weighted by Crippen LogP contribution is -2.28. The van der Waals surface area contributed by atoms with Crippen LogP contribution in [0.1, 0.15) is 21.5 Å². The molecule has 0 aromatic heterocycles. The van der Waals surface area contributed by atoms with Gasteiger partial charge in [-0.25, -0.2) is 0 Å². The van der Waals surface area contributed by atoms with E-state index >= 15 is 0 Å². The first-order chi connectivity index (χ1) is 11.0. The molecule has 0 atom stereocenters. The molecule has 0 aliphatic rings. The normalized spacial score (nSPS) is 10.3. The van der Waals surface area contributed by atoms with Gasteiger partial charge in [0.2, 0.25) is 0 Å². The molecule has 0 radical (unpaired) electrons. The minimum Gasteiger partial charge on any atom is -0.491 e. The van der Waals surface area contributed by atoms with Crippen LogP contribution in [0.2, 0.25) is 0 Å². The Morgan fingerprint density at radius 3 is 2.22 bits per heavy atom. The number of nitrogens with one attached hydrogen (secondary N) is 1. The number of ether oxygens (including phenoxy) is 1. The van der Waals surface area contributed by atoms with Crippen molar-refractivity contribution >= 4 is 11.6 Å². The third-order valence-corrected chi connectivity index (χ3v) is 3.69. The highest BCUT2D eigenvalue weighted by molar-refractivity contribution is 5.94. The van der Waals surface area contributed by atoms with Crippen molar-refractivity contribution in [2.45, 2.75) is 13.8 Å². The minimum absolute atomic E-state index is 0.0830. The molecule has 0 unspecified atom stereocenters. The zero-order valence-corrected chi connectivity index (χ0v) is 14.2. The van der Waals surface area contributed by atoms with Gasteiger partial charge in [0, 0.05) is 25.3 Å². The van der Waals surface area contributed by atoms with Gasteiger partial charge in [0.15, 0.2) is 0 Å². The SMILES string of the molecule is Cc1cccc(C)c1OCCNC(=O)c1ccc(N(C)C)cc1. The first kappa shape index (κ1) is 16.9. The molecular formula is C19H24N2O2. The molecule has 2 aromatic rings. The predicted molar refractivity (Wildman–Crippen MR) is 94.5 cm³/mol. The number of amides is 1. The van der Waals surface area contributed by atoms with E-state index < -0.39 is 0 Å². The smallest absolute Gasteiger partial charge is 0.251 e. The summed E-state index contributed by atoms with van der Waals surface area (Å²) in [5.41, 5.74) is 3.94. The van der Waals surface area contributed by atoms with E-state index in [0.717, 1.165) is 22.6 Å².